The molecule has 0 unspecified atom stereocenters. The van der Waals surface area contributed by atoms with Crippen LogP contribution in [0.25, 0.3) is 0 Å². The van der Waals surface area contributed by atoms with Gasteiger partial charge in [-0.1, -0.05) is 18.2 Å². The molecule has 2 amide bonds. The zero-order valence-electron chi connectivity index (χ0n) is 12.5. The van der Waals surface area contributed by atoms with Gasteiger partial charge in [0.1, 0.15) is 0 Å². The van der Waals surface area contributed by atoms with Crippen molar-refractivity contribution in [1.29, 1.82) is 0 Å². The average molecular weight is 292 g/mol. The van der Waals surface area contributed by atoms with E-state index in [2.05, 4.69) is 34.7 Å². The van der Waals surface area contributed by atoms with Gasteiger partial charge in [0.25, 0.3) is 0 Å². The molecule has 0 radical (unpaired) electrons. The minimum Gasteiger partial charge on any atom is -0.375 e. The lowest BCUT2D eigenvalue weighted by Gasteiger charge is -2.19. The summed E-state index contributed by atoms with van der Waals surface area (Å²) in [6, 6.07) is 10.2. The summed E-state index contributed by atoms with van der Waals surface area (Å²) in [6.45, 7) is 1.43. The van der Waals surface area contributed by atoms with Gasteiger partial charge in [0.05, 0.1) is 13.1 Å². The second-order valence-corrected chi connectivity index (χ2v) is 4.80. The van der Waals surface area contributed by atoms with Crippen LogP contribution in [0, 0.1) is 0 Å². The van der Waals surface area contributed by atoms with Crippen molar-refractivity contribution >= 4 is 17.5 Å². The summed E-state index contributed by atoms with van der Waals surface area (Å²) in [4.78, 5) is 24.5. The van der Waals surface area contributed by atoms with Crippen molar-refractivity contribution in [3.63, 3.8) is 0 Å². The zero-order valence-corrected chi connectivity index (χ0v) is 12.5. The van der Waals surface area contributed by atoms with Gasteiger partial charge in [0, 0.05) is 25.8 Å². The maximum atomic E-state index is 11.4. The highest BCUT2D eigenvalue weighted by atomic mass is 16.2. The number of rotatable bonds is 9. The molecule has 0 aliphatic rings. The number of hydrogen-bond donors (Lipinski definition) is 3. The number of nitrogens with two attached hydrogens (primary N) is 1. The first-order valence-corrected chi connectivity index (χ1v) is 7.13. The minimum absolute atomic E-state index is 0.0139. The lowest BCUT2D eigenvalue weighted by molar-refractivity contribution is -0.125. The van der Waals surface area contributed by atoms with Crippen LogP contribution in [0.2, 0.25) is 0 Å². The fourth-order valence-electron chi connectivity index (χ4n) is 1.83. The van der Waals surface area contributed by atoms with Crippen molar-refractivity contribution in [2.24, 2.45) is 5.73 Å². The van der Waals surface area contributed by atoms with E-state index in [0.29, 0.717) is 6.54 Å². The van der Waals surface area contributed by atoms with E-state index in [0.717, 1.165) is 19.4 Å². The minimum atomic E-state index is -0.324. The van der Waals surface area contributed by atoms with E-state index < -0.39 is 0 Å². The third kappa shape index (κ3) is 7.31. The van der Waals surface area contributed by atoms with Crippen LogP contribution >= 0.6 is 0 Å². The number of amides is 2. The van der Waals surface area contributed by atoms with Gasteiger partial charge in [-0.15, -0.1) is 0 Å². The quantitative estimate of drug-likeness (QED) is 0.563. The summed E-state index contributed by atoms with van der Waals surface area (Å²) in [7, 11) is 2.05. The van der Waals surface area contributed by atoms with Crippen LogP contribution in [-0.4, -0.2) is 45.0 Å². The molecule has 21 heavy (non-hydrogen) atoms. The largest absolute Gasteiger partial charge is 0.375 e. The Balaban J connectivity index is 2.06. The average Bonchev–Trinajstić information content (AvgIpc) is 2.52. The Bertz CT molecular complexity index is 437. The monoisotopic (exact) mass is 292 g/mol. The lowest BCUT2D eigenvalue weighted by atomic mass is 10.2. The van der Waals surface area contributed by atoms with Crippen molar-refractivity contribution in [3.05, 3.63) is 30.3 Å². The van der Waals surface area contributed by atoms with Gasteiger partial charge in [-0.25, -0.2) is 0 Å². The van der Waals surface area contributed by atoms with Crippen LogP contribution in [0.4, 0.5) is 5.69 Å². The second kappa shape index (κ2) is 9.77. The second-order valence-electron chi connectivity index (χ2n) is 4.80. The number of nitrogens with zero attached hydrogens (tertiary/aromatic N) is 1. The Labute approximate surface area is 125 Å². The van der Waals surface area contributed by atoms with Gasteiger partial charge < -0.3 is 21.3 Å². The molecule has 0 aromatic heterocycles. The summed E-state index contributed by atoms with van der Waals surface area (Å²) in [5, 5.41) is 5.19. The molecular weight excluding hydrogens is 268 g/mol. The molecule has 4 N–H and O–H groups in total. The van der Waals surface area contributed by atoms with E-state index in [9.17, 15) is 9.59 Å². The first kappa shape index (κ1) is 17.0. The molecule has 0 aliphatic heterocycles. The molecule has 0 spiro atoms. The third-order valence-electron chi connectivity index (χ3n) is 3.07. The van der Waals surface area contributed by atoms with Crippen LogP contribution in [0.5, 0.6) is 0 Å². The molecule has 0 bridgehead atoms. The molecule has 0 heterocycles. The maximum absolute atomic E-state index is 11.4. The summed E-state index contributed by atoms with van der Waals surface area (Å²) in [6.07, 6.45) is 1.88. The van der Waals surface area contributed by atoms with E-state index in [1.807, 2.05) is 18.2 Å². The molecule has 1 aromatic rings. The van der Waals surface area contributed by atoms with Gasteiger partial charge in [-0.05, 0) is 25.0 Å². The van der Waals surface area contributed by atoms with Gasteiger partial charge in [-0.2, -0.15) is 0 Å². The summed E-state index contributed by atoms with van der Waals surface area (Å²) < 4.78 is 0. The number of hydrogen-bond acceptors (Lipinski definition) is 4. The molecular formula is C15H24N4O2. The summed E-state index contributed by atoms with van der Waals surface area (Å²) in [5.41, 5.74) is 6.31. The molecule has 1 aromatic carbocycles. The van der Waals surface area contributed by atoms with Gasteiger partial charge in [-0.3, -0.25) is 9.59 Å². The fourth-order valence-corrected chi connectivity index (χ4v) is 1.83. The van der Waals surface area contributed by atoms with E-state index in [4.69, 9.17) is 5.73 Å². The van der Waals surface area contributed by atoms with Crippen LogP contribution in [0.1, 0.15) is 12.8 Å². The van der Waals surface area contributed by atoms with Crippen LogP contribution in [0.15, 0.2) is 30.3 Å². The van der Waals surface area contributed by atoms with Crippen LogP contribution < -0.4 is 21.3 Å². The van der Waals surface area contributed by atoms with E-state index in [1.165, 1.54) is 5.69 Å². The van der Waals surface area contributed by atoms with E-state index in [-0.39, 0.29) is 24.9 Å². The Morgan fingerprint density at radius 3 is 2.48 bits per heavy atom. The maximum Gasteiger partial charge on any atom is 0.239 e. The normalized spacial score (nSPS) is 10.0. The van der Waals surface area contributed by atoms with E-state index >= 15 is 0 Å². The zero-order chi connectivity index (χ0) is 15.5. The number of carbonyl (C=O) groups excluding carboxylic acids is 2. The van der Waals surface area contributed by atoms with Crippen LogP contribution in [-0.2, 0) is 9.59 Å². The SMILES string of the molecule is CN(CCCCNC(=O)CNC(=O)CN)c1ccccc1. The molecule has 6 heteroatoms. The first-order chi connectivity index (χ1) is 10.1. The molecule has 0 fully saturated rings. The summed E-state index contributed by atoms with van der Waals surface area (Å²) >= 11 is 0. The van der Waals surface area contributed by atoms with Gasteiger partial charge in [0.2, 0.25) is 11.8 Å². The van der Waals surface area contributed by atoms with Crippen molar-refractivity contribution in [2.45, 2.75) is 12.8 Å². The molecule has 0 atom stereocenters. The highest BCUT2D eigenvalue weighted by Crippen LogP contribution is 2.11. The molecule has 0 saturated carbocycles. The lowest BCUT2D eigenvalue weighted by Crippen LogP contribution is -2.39. The Hall–Kier alpha value is -2.08. The Kier molecular flexibility index (Phi) is 7.89. The highest BCUT2D eigenvalue weighted by Gasteiger charge is 2.03. The molecule has 0 saturated heterocycles. The highest BCUT2D eigenvalue weighted by molar-refractivity contribution is 5.85. The molecule has 1 rings (SSSR count). The predicted molar refractivity (Wildman–Crippen MR) is 84.0 cm³/mol. The first-order valence-electron chi connectivity index (χ1n) is 7.13. The van der Waals surface area contributed by atoms with Crippen molar-refractivity contribution in [1.82, 2.24) is 10.6 Å². The topological polar surface area (TPSA) is 87.5 Å². The van der Waals surface area contributed by atoms with Gasteiger partial charge >= 0.3 is 0 Å². The summed E-state index contributed by atoms with van der Waals surface area (Å²) in [5.74, 6) is -0.511. The van der Waals surface area contributed by atoms with Crippen molar-refractivity contribution < 1.29 is 9.59 Å². The Morgan fingerprint density at radius 2 is 1.81 bits per heavy atom. The number of carbonyl (C=O) groups is 2. The molecule has 0 aliphatic carbocycles. The molecule has 116 valence electrons. The number of para-hydroxylation sites is 1. The number of anilines is 1. The van der Waals surface area contributed by atoms with Gasteiger partial charge in [0.15, 0.2) is 0 Å². The predicted octanol–water partition coefficient (Wildman–Crippen LogP) is 0.0941. The molecule has 6 nitrogen and oxygen atoms in total. The van der Waals surface area contributed by atoms with Crippen molar-refractivity contribution in [2.75, 3.05) is 38.1 Å². The number of unbranched alkanes of at least 4 members (excludes halogenated alkanes) is 1. The number of benzene rings is 1. The Morgan fingerprint density at radius 1 is 1.10 bits per heavy atom. The van der Waals surface area contributed by atoms with Crippen LogP contribution in [0.3, 0.4) is 0 Å². The smallest absolute Gasteiger partial charge is 0.239 e. The third-order valence-corrected chi connectivity index (χ3v) is 3.07. The fraction of sp³-hybridized carbons (Fsp3) is 0.467. The van der Waals surface area contributed by atoms with Crippen molar-refractivity contribution in [3.8, 4) is 0 Å². The van der Waals surface area contributed by atoms with E-state index in [1.54, 1.807) is 0 Å². The number of nitrogens with one attached hydrogen (secondary N) is 2. The standard InChI is InChI=1S/C15H24N4O2/c1-19(13-7-3-2-4-8-13)10-6-5-9-17-15(21)12-18-14(20)11-16/h2-4,7-8H,5-6,9-12,16H2,1H3,(H,17,21)(H,18,20).